The minimum atomic E-state index is -0.0973. The van der Waals surface area contributed by atoms with Gasteiger partial charge in [-0.1, -0.05) is 0 Å². The van der Waals surface area contributed by atoms with Crippen molar-refractivity contribution < 1.29 is 9.59 Å². The van der Waals surface area contributed by atoms with Crippen LogP contribution >= 0.6 is 0 Å². The second kappa shape index (κ2) is 7.07. The van der Waals surface area contributed by atoms with Crippen LogP contribution in [0.3, 0.4) is 0 Å². The Balaban J connectivity index is 1.80. The molecule has 0 aromatic carbocycles. The van der Waals surface area contributed by atoms with E-state index in [0.29, 0.717) is 13.0 Å². The van der Waals surface area contributed by atoms with Crippen molar-refractivity contribution in [3.05, 3.63) is 0 Å². The fraction of sp³-hybridized carbons (Fsp3) is 0.867. The lowest BCUT2D eigenvalue weighted by molar-refractivity contribution is -0.136. The van der Waals surface area contributed by atoms with Crippen molar-refractivity contribution in [2.24, 2.45) is 5.92 Å². The molecule has 2 rings (SSSR count). The maximum atomic E-state index is 12.4. The Morgan fingerprint density at radius 2 is 1.95 bits per heavy atom. The van der Waals surface area contributed by atoms with E-state index in [0.717, 1.165) is 45.4 Å². The van der Waals surface area contributed by atoms with Gasteiger partial charge in [0.05, 0.1) is 5.92 Å². The highest BCUT2D eigenvalue weighted by Gasteiger charge is 2.36. The predicted octanol–water partition coefficient (Wildman–Crippen LogP) is 0.799. The number of amides is 2. The molecule has 1 atom stereocenters. The molecule has 0 bridgehead atoms. The molecular formula is C15H27N3O2. The summed E-state index contributed by atoms with van der Waals surface area (Å²) in [4.78, 5) is 30.4. The van der Waals surface area contributed by atoms with Crippen LogP contribution in [0.4, 0.5) is 0 Å². The third-order valence-corrected chi connectivity index (χ3v) is 4.26. The van der Waals surface area contributed by atoms with E-state index in [1.54, 1.807) is 0 Å². The summed E-state index contributed by atoms with van der Waals surface area (Å²) in [6.07, 6.45) is 4.84. The maximum absolute atomic E-state index is 12.4. The molecule has 2 heterocycles. The van der Waals surface area contributed by atoms with Crippen molar-refractivity contribution in [2.75, 3.05) is 46.8 Å². The first-order chi connectivity index (χ1) is 9.58. The molecule has 0 aromatic rings. The molecule has 0 saturated carbocycles. The van der Waals surface area contributed by atoms with Gasteiger partial charge < -0.3 is 14.7 Å². The minimum absolute atomic E-state index is 0.0973. The monoisotopic (exact) mass is 281 g/mol. The smallest absolute Gasteiger partial charge is 0.227 e. The molecule has 2 aliphatic rings. The van der Waals surface area contributed by atoms with Crippen LogP contribution in [0.5, 0.6) is 0 Å². The number of carbonyl (C=O) groups excluding carboxylic acids is 2. The number of likely N-dealkylation sites (tertiary alicyclic amines) is 2. The second-order valence-electron chi connectivity index (χ2n) is 6.28. The lowest BCUT2D eigenvalue weighted by Crippen LogP contribution is -2.40. The molecule has 5 nitrogen and oxygen atoms in total. The van der Waals surface area contributed by atoms with Crippen molar-refractivity contribution in [2.45, 2.75) is 32.1 Å². The van der Waals surface area contributed by atoms with Gasteiger partial charge in [-0.3, -0.25) is 9.59 Å². The molecule has 114 valence electrons. The number of hydrogen-bond donors (Lipinski definition) is 0. The maximum Gasteiger partial charge on any atom is 0.227 e. The lowest BCUT2D eigenvalue weighted by atomic mass is 10.0. The molecule has 1 unspecified atom stereocenters. The molecular weight excluding hydrogens is 254 g/mol. The third kappa shape index (κ3) is 3.95. The Kier molecular flexibility index (Phi) is 5.40. The van der Waals surface area contributed by atoms with E-state index in [1.165, 1.54) is 6.42 Å². The second-order valence-corrected chi connectivity index (χ2v) is 6.28. The summed E-state index contributed by atoms with van der Waals surface area (Å²) in [6.45, 7) is 4.14. The van der Waals surface area contributed by atoms with E-state index in [4.69, 9.17) is 0 Å². The highest BCUT2D eigenvalue weighted by atomic mass is 16.2. The van der Waals surface area contributed by atoms with Crippen LogP contribution in [0.1, 0.15) is 32.1 Å². The number of nitrogens with zero attached hydrogens (tertiary/aromatic N) is 3. The van der Waals surface area contributed by atoms with Gasteiger partial charge in [0.2, 0.25) is 11.8 Å². The molecule has 5 heteroatoms. The fourth-order valence-corrected chi connectivity index (χ4v) is 3.10. The molecule has 20 heavy (non-hydrogen) atoms. The van der Waals surface area contributed by atoms with Gasteiger partial charge in [-0.2, -0.15) is 0 Å². The number of rotatable bonds is 5. The van der Waals surface area contributed by atoms with E-state index in [-0.39, 0.29) is 17.7 Å². The van der Waals surface area contributed by atoms with Gasteiger partial charge in [-0.05, 0) is 46.3 Å². The molecule has 2 amide bonds. The first kappa shape index (κ1) is 15.3. The van der Waals surface area contributed by atoms with Gasteiger partial charge >= 0.3 is 0 Å². The quantitative estimate of drug-likeness (QED) is 0.749. The topological polar surface area (TPSA) is 43.9 Å². The summed E-state index contributed by atoms with van der Waals surface area (Å²) >= 11 is 0. The van der Waals surface area contributed by atoms with Crippen LogP contribution in [0, 0.1) is 5.92 Å². The molecule has 0 N–H and O–H groups in total. The van der Waals surface area contributed by atoms with Gasteiger partial charge in [-0.15, -0.1) is 0 Å². The van der Waals surface area contributed by atoms with E-state index < -0.39 is 0 Å². The summed E-state index contributed by atoms with van der Waals surface area (Å²) in [5, 5.41) is 0. The summed E-state index contributed by atoms with van der Waals surface area (Å²) in [5.74, 6) is 0.257. The Morgan fingerprint density at radius 3 is 2.60 bits per heavy atom. The predicted molar refractivity (Wildman–Crippen MR) is 78.3 cm³/mol. The van der Waals surface area contributed by atoms with Crippen molar-refractivity contribution >= 4 is 11.8 Å². The van der Waals surface area contributed by atoms with E-state index in [2.05, 4.69) is 4.90 Å². The Labute approximate surface area is 121 Å². The van der Waals surface area contributed by atoms with Crippen molar-refractivity contribution in [3.63, 3.8) is 0 Å². The van der Waals surface area contributed by atoms with Crippen LogP contribution < -0.4 is 0 Å². The zero-order valence-corrected chi connectivity index (χ0v) is 12.8. The molecule has 0 radical (unpaired) electrons. The van der Waals surface area contributed by atoms with Crippen LogP contribution in [0.15, 0.2) is 0 Å². The summed E-state index contributed by atoms with van der Waals surface area (Å²) in [6, 6.07) is 0. The van der Waals surface area contributed by atoms with Gasteiger partial charge in [0.1, 0.15) is 0 Å². The van der Waals surface area contributed by atoms with Crippen molar-refractivity contribution in [3.8, 4) is 0 Å². The van der Waals surface area contributed by atoms with E-state index in [1.807, 2.05) is 23.9 Å². The normalized spacial score (nSPS) is 23.8. The average Bonchev–Trinajstić information content (AvgIpc) is 2.80. The number of piperidine rings is 1. The summed E-state index contributed by atoms with van der Waals surface area (Å²) in [7, 11) is 4.07. The highest BCUT2D eigenvalue weighted by molar-refractivity contribution is 5.89. The summed E-state index contributed by atoms with van der Waals surface area (Å²) in [5.41, 5.74) is 0. The zero-order chi connectivity index (χ0) is 14.5. The van der Waals surface area contributed by atoms with Gasteiger partial charge in [0.15, 0.2) is 0 Å². The minimum Gasteiger partial charge on any atom is -0.342 e. The SMILES string of the molecule is CN(C)CCCN1CC(C(=O)N2CCCCC2)CC1=O. The van der Waals surface area contributed by atoms with Crippen LogP contribution in [-0.4, -0.2) is 73.3 Å². The molecule has 0 aromatic heterocycles. The Hall–Kier alpha value is -1.10. The van der Waals surface area contributed by atoms with E-state index in [9.17, 15) is 9.59 Å². The first-order valence-electron chi connectivity index (χ1n) is 7.79. The summed E-state index contributed by atoms with van der Waals surface area (Å²) < 4.78 is 0. The lowest BCUT2D eigenvalue weighted by Gasteiger charge is -2.29. The first-order valence-corrected chi connectivity index (χ1v) is 7.79. The average molecular weight is 281 g/mol. The van der Waals surface area contributed by atoms with Crippen molar-refractivity contribution in [1.82, 2.24) is 14.7 Å². The zero-order valence-electron chi connectivity index (χ0n) is 12.8. The number of hydrogen-bond acceptors (Lipinski definition) is 3. The number of carbonyl (C=O) groups is 2. The Morgan fingerprint density at radius 1 is 1.25 bits per heavy atom. The standard InChI is InChI=1S/C15H27N3O2/c1-16(2)7-6-10-18-12-13(11-14(18)19)15(20)17-8-4-3-5-9-17/h13H,3-12H2,1-2H3. The van der Waals surface area contributed by atoms with Gasteiger partial charge in [0.25, 0.3) is 0 Å². The van der Waals surface area contributed by atoms with Gasteiger partial charge in [0, 0.05) is 32.6 Å². The van der Waals surface area contributed by atoms with Crippen molar-refractivity contribution in [1.29, 1.82) is 0 Å². The largest absolute Gasteiger partial charge is 0.342 e. The van der Waals surface area contributed by atoms with Crippen LogP contribution in [0.2, 0.25) is 0 Å². The van der Waals surface area contributed by atoms with Crippen LogP contribution in [0.25, 0.3) is 0 Å². The molecule has 0 aliphatic carbocycles. The third-order valence-electron chi connectivity index (χ3n) is 4.26. The van der Waals surface area contributed by atoms with Crippen LogP contribution in [-0.2, 0) is 9.59 Å². The van der Waals surface area contributed by atoms with Gasteiger partial charge in [-0.25, -0.2) is 0 Å². The molecule has 2 saturated heterocycles. The molecule has 2 fully saturated rings. The molecule has 2 aliphatic heterocycles. The molecule has 0 spiro atoms. The fourth-order valence-electron chi connectivity index (χ4n) is 3.10. The highest BCUT2D eigenvalue weighted by Crippen LogP contribution is 2.22. The Bertz CT molecular complexity index is 351. The van der Waals surface area contributed by atoms with E-state index >= 15 is 0 Å².